The number of nitrogens with zero attached hydrogens (tertiary/aromatic N) is 1. The standard InChI is InChI=1S/C10H11FN2O/c11-10-5-8(6-13)1-2-9(10)7-14-4-3-12/h1-2,5H,3-4,7,12H2. The van der Waals surface area contributed by atoms with Gasteiger partial charge in [-0.05, 0) is 12.1 Å². The molecule has 14 heavy (non-hydrogen) atoms. The summed E-state index contributed by atoms with van der Waals surface area (Å²) in [5, 5.41) is 8.50. The minimum Gasteiger partial charge on any atom is -0.375 e. The van der Waals surface area contributed by atoms with Gasteiger partial charge < -0.3 is 10.5 Å². The highest BCUT2D eigenvalue weighted by Gasteiger charge is 2.02. The molecule has 0 aliphatic rings. The molecular formula is C10H11FN2O. The number of nitrogens with two attached hydrogens (primary N) is 1. The maximum atomic E-state index is 13.2. The third-order valence-corrected chi connectivity index (χ3v) is 1.70. The lowest BCUT2D eigenvalue weighted by molar-refractivity contribution is 0.125. The second-order valence-electron chi connectivity index (χ2n) is 2.76. The summed E-state index contributed by atoms with van der Waals surface area (Å²) in [6, 6.07) is 6.16. The lowest BCUT2D eigenvalue weighted by Crippen LogP contribution is -2.08. The number of benzene rings is 1. The van der Waals surface area contributed by atoms with Crippen molar-refractivity contribution in [3.05, 3.63) is 35.1 Å². The largest absolute Gasteiger partial charge is 0.375 e. The first-order valence-electron chi connectivity index (χ1n) is 4.24. The van der Waals surface area contributed by atoms with Gasteiger partial charge in [-0.1, -0.05) is 6.07 Å². The smallest absolute Gasteiger partial charge is 0.130 e. The van der Waals surface area contributed by atoms with E-state index < -0.39 is 5.82 Å². The average Bonchev–Trinajstić information content (AvgIpc) is 2.20. The molecule has 0 unspecified atom stereocenters. The maximum Gasteiger partial charge on any atom is 0.130 e. The van der Waals surface area contributed by atoms with Crippen LogP contribution in [0.5, 0.6) is 0 Å². The molecule has 0 amide bonds. The zero-order valence-corrected chi connectivity index (χ0v) is 7.66. The molecule has 4 heteroatoms. The van der Waals surface area contributed by atoms with E-state index in [9.17, 15) is 4.39 Å². The quantitative estimate of drug-likeness (QED) is 0.732. The Morgan fingerprint density at radius 3 is 2.86 bits per heavy atom. The summed E-state index contributed by atoms with van der Waals surface area (Å²) in [4.78, 5) is 0. The van der Waals surface area contributed by atoms with Gasteiger partial charge in [-0.25, -0.2) is 4.39 Å². The van der Waals surface area contributed by atoms with Crippen LogP contribution >= 0.6 is 0 Å². The molecule has 1 aromatic rings. The first kappa shape index (κ1) is 10.6. The Morgan fingerprint density at radius 2 is 2.29 bits per heavy atom. The zero-order chi connectivity index (χ0) is 10.4. The van der Waals surface area contributed by atoms with Crippen LogP contribution in [0.4, 0.5) is 4.39 Å². The van der Waals surface area contributed by atoms with E-state index in [0.717, 1.165) is 0 Å². The van der Waals surface area contributed by atoms with Crippen molar-refractivity contribution < 1.29 is 9.13 Å². The molecule has 74 valence electrons. The molecule has 1 rings (SSSR count). The molecule has 0 spiro atoms. The lowest BCUT2D eigenvalue weighted by atomic mass is 10.1. The molecule has 3 nitrogen and oxygen atoms in total. The molecule has 1 aromatic carbocycles. The number of ether oxygens (including phenoxy) is 1. The van der Waals surface area contributed by atoms with Crippen LogP contribution in [-0.4, -0.2) is 13.2 Å². The number of nitriles is 1. The number of rotatable bonds is 4. The van der Waals surface area contributed by atoms with Crippen LogP contribution in [0.25, 0.3) is 0 Å². The summed E-state index contributed by atoms with van der Waals surface area (Å²) in [5.41, 5.74) is 5.97. The fraction of sp³-hybridized carbons (Fsp3) is 0.300. The molecule has 0 radical (unpaired) electrons. The van der Waals surface area contributed by atoms with Gasteiger partial charge in [0.2, 0.25) is 0 Å². The molecule has 0 saturated carbocycles. The van der Waals surface area contributed by atoms with Crippen molar-refractivity contribution in [3.8, 4) is 6.07 Å². The second kappa shape index (κ2) is 5.32. The van der Waals surface area contributed by atoms with Crippen LogP contribution in [0.15, 0.2) is 18.2 Å². The molecule has 0 aliphatic heterocycles. The third kappa shape index (κ3) is 2.80. The molecule has 0 aromatic heterocycles. The summed E-state index contributed by atoms with van der Waals surface area (Å²) >= 11 is 0. The minimum absolute atomic E-state index is 0.189. The topological polar surface area (TPSA) is 59.0 Å². The lowest BCUT2D eigenvalue weighted by Gasteiger charge is -2.03. The van der Waals surface area contributed by atoms with E-state index in [0.29, 0.717) is 24.3 Å². The van der Waals surface area contributed by atoms with E-state index in [4.69, 9.17) is 15.7 Å². The van der Waals surface area contributed by atoms with E-state index in [1.807, 2.05) is 6.07 Å². The highest BCUT2D eigenvalue weighted by molar-refractivity contribution is 5.32. The van der Waals surface area contributed by atoms with E-state index >= 15 is 0 Å². The maximum absolute atomic E-state index is 13.2. The van der Waals surface area contributed by atoms with Crippen LogP contribution < -0.4 is 5.73 Å². The van der Waals surface area contributed by atoms with E-state index in [1.54, 1.807) is 12.1 Å². The van der Waals surface area contributed by atoms with Crippen molar-refractivity contribution in [2.45, 2.75) is 6.61 Å². The fourth-order valence-electron chi connectivity index (χ4n) is 0.999. The first-order chi connectivity index (χ1) is 6.77. The Bertz CT molecular complexity index is 346. The molecule has 0 saturated heterocycles. The summed E-state index contributed by atoms with van der Waals surface area (Å²) in [6.45, 7) is 1.01. The summed E-state index contributed by atoms with van der Waals surface area (Å²) in [6.07, 6.45) is 0. The number of halogens is 1. The highest BCUT2D eigenvalue weighted by Crippen LogP contribution is 2.10. The first-order valence-corrected chi connectivity index (χ1v) is 4.24. The van der Waals surface area contributed by atoms with Crippen molar-refractivity contribution in [2.24, 2.45) is 5.73 Å². The van der Waals surface area contributed by atoms with Crippen molar-refractivity contribution >= 4 is 0 Å². The summed E-state index contributed by atoms with van der Waals surface area (Å²) in [7, 11) is 0. The molecule has 0 atom stereocenters. The van der Waals surface area contributed by atoms with E-state index in [-0.39, 0.29) is 6.61 Å². The Hall–Kier alpha value is -1.44. The van der Waals surface area contributed by atoms with Gasteiger partial charge in [-0.3, -0.25) is 0 Å². The van der Waals surface area contributed by atoms with Gasteiger partial charge in [0.25, 0.3) is 0 Å². The van der Waals surface area contributed by atoms with Crippen molar-refractivity contribution in [1.82, 2.24) is 0 Å². The van der Waals surface area contributed by atoms with Crippen LogP contribution in [0.3, 0.4) is 0 Å². The van der Waals surface area contributed by atoms with Crippen LogP contribution in [0.2, 0.25) is 0 Å². The highest BCUT2D eigenvalue weighted by atomic mass is 19.1. The van der Waals surface area contributed by atoms with E-state index in [1.165, 1.54) is 6.07 Å². The molecule has 0 aliphatic carbocycles. The van der Waals surface area contributed by atoms with Gasteiger partial charge in [0.05, 0.1) is 24.8 Å². The Balaban J connectivity index is 2.65. The van der Waals surface area contributed by atoms with Crippen molar-refractivity contribution in [2.75, 3.05) is 13.2 Å². The third-order valence-electron chi connectivity index (χ3n) is 1.70. The molecule has 0 heterocycles. The van der Waals surface area contributed by atoms with Gasteiger partial charge in [0.15, 0.2) is 0 Å². The molecular weight excluding hydrogens is 183 g/mol. The minimum atomic E-state index is -0.416. The van der Waals surface area contributed by atoms with Crippen molar-refractivity contribution in [1.29, 1.82) is 5.26 Å². The molecule has 0 fully saturated rings. The van der Waals surface area contributed by atoms with Crippen LogP contribution in [0.1, 0.15) is 11.1 Å². The Kier molecular flexibility index (Phi) is 4.05. The predicted molar refractivity (Wildman–Crippen MR) is 49.8 cm³/mol. The summed E-state index contributed by atoms with van der Waals surface area (Å²) < 4.78 is 18.3. The van der Waals surface area contributed by atoms with Crippen LogP contribution in [0, 0.1) is 17.1 Å². The SMILES string of the molecule is N#Cc1ccc(COCCN)c(F)c1. The van der Waals surface area contributed by atoms with Gasteiger partial charge >= 0.3 is 0 Å². The molecule has 2 N–H and O–H groups in total. The monoisotopic (exact) mass is 194 g/mol. The Labute approximate surface area is 81.9 Å². The Morgan fingerprint density at radius 1 is 1.50 bits per heavy atom. The normalized spacial score (nSPS) is 9.79. The number of hydrogen-bond acceptors (Lipinski definition) is 3. The van der Waals surface area contributed by atoms with Gasteiger partial charge in [0.1, 0.15) is 5.82 Å². The second-order valence-corrected chi connectivity index (χ2v) is 2.76. The van der Waals surface area contributed by atoms with Gasteiger partial charge in [0, 0.05) is 12.1 Å². The summed E-state index contributed by atoms with van der Waals surface area (Å²) in [5.74, 6) is -0.416. The zero-order valence-electron chi connectivity index (χ0n) is 7.66. The van der Waals surface area contributed by atoms with E-state index in [2.05, 4.69) is 0 Å². The van der Waals surface area contributed by atoms with Gasteiger partial charge in [-0.15, -0.1) is 0 Å². The van der Waals surface area contributed by atoms with Crippen molar-refractivity contribution in [3.63, 3.8) is 0 Å². The molecule has 0 bridgehead atoms. The van der Waals surface area contributed by atoms with Crippen LogP contribution in [-0.2, 0) is 11.3 Å². The fourth-order valence-corrected chi connectivity index (χ4v) is 0.999. The predicted octanol–water partition coefficient (Wildman–Crippen LogP) is 1.17. The van der Waals surface area contributed by atoms with Gasteiger partial charge in [-0.2, -0.15) is 5.26 Å². The number of hydrogen-bond donors (Lipinski definition) is 1. The average molecular weight is 194 g/mol.